The SMILES string of the molecule is CCNc1nc(Cl)nc(NCc2ccsc2)n1. The topological polar surface area (TPSA) is 62.7 Å². The number of nitrogens with one attached hydrogen (secondary N) is 2. The molecule has 7 heteroatoms. The van der Waals surface area contributed by atoms with Crippen LogP contribution in [0.25, 0.3) is 0 Å². The van der Waals surface area contributed by atoms with Crippen LogP contribution in [-0.4, -0.2) is 21.5 Å². The largest absolute Gasteiger partial charge is 0.354 e. The molecule has 2 heterocycles. The van der Waals surface area contributed by atoms with Crippen molar-refractivity contribution in [1.82, 2.24) is 15.0 Å². The zero-order valence-electron chi connectivity index (χ0n) is 9.27. The molecule has 90 valence electrons. The van der Waals surface area contributed by atoms with Crippen LogP contribution in [0, 0.1) is 0 Å². The van der Waals surface area contributed by atoms with Gasteiger partial charge in [-0.1, -0.05) is 0 Å². The molecule has 17 heavy (non-hydrogen) atoms. The van der Waals surface area contributed by atoms with Gasteiger partial charge in [-0.05, 0) is 40.9 Å². The highest BCUT2D eigenvalue weighted by Gasteiger charge is 2.03. The van der Waals surface area contributed by atoms with E-state index in [-0.39, 0.29) is 5.28 Å². The van der Waals surface area contributed by atoms with Gasteiger partial charge in [0.05, 0.1) is 0 Å². The molecule has 0 aromatic carbocycles. The second-order valence-electron chi connectivity index (χ2n) is 3.27. The highest BCUT2D eigenvalue weighted by atomic mass is 35.5. The monoisotopic (exact) mass is 269 g/mol. The van der Waals surface area contributed by atoms with Gasteiger partial charge in [-0.2, -0.15) is 26.3 Å². The molecular weight excluding hydrogens is 258 g/mol. The van der Waals surface area contributed by atoms with Gasteiger partial charge in [0.25, 0.3) is 0 Å². The lowest BCUT2D eigenvalue weighted by Crippen LogP contribution is -2.08. The maximum absolute atomic E-state index is 5.81. The molecule has 0 radical (unpaired) electrons. The number of hydrogen-bond donors (Lipinski definition) is 2. The van der Waals surface area contributed by atoms with Gasteiger partial charge >= 0.3 is 0 Å². The van der Waals surface area contributed by atoms with Crippen LogP contribution < -0.4 is 10.6 Å². The Hall–Kier alpha value is -1.40. The smallest absolute Gasteiger partial charge is 0.229 e. The molecule has 0 atom stereocenters. The van der Waals surface area contributed by atoms with Crippen LogP contribution in [0.15, 0.2) is 16.8 Å². The predicted molar refractivity (Wildman–Crippen MR) is 70.6 cm³/mol. The first-order chi connectivity index (χ1) is 8.28. The molecular formula is C10H12ClN5S. The normalized spacial score (nSPS) is 10.2. The van der Waals surface area contributed by atoms with Crippen LogP contribution in [-0.2, 0) is 6.54 Å². The first-order valence-corrected chi connectivity index (χ1v) is 6.50. The summed E-state index contributed by atoms with van der Waals surface area (Å²) in [6.45, 7) is 3.38. The Morgan fingerprint density at radius 2 is 2.00 bits per heavy atom. The lowest BCUT2D eigenvalue weighted by molar-refractivity contribution is 0.989. The van der Waals surface area contributed by atoms with Crippen molar-refractivity contribution in [3.05, 3.63) is 27.7 Å². The molecule has 0 bridgehead atoms. The molecule has 0 spiro atoms. The van der Waals surface area contributed by atoms with Crippen molar-refractivity contribution in [2.24, 2.45) is 0 Å². The molecule has 0 saturated carbocycles. The number of nitrogens with zero attached hydrogens (tertiary/aromatic N) is 3. The van der Waals surface area contributed by atoms with E-state index in [4.69, 9.17) is 11.6 Å². The van der Waals surface area contributed by atoms with Gasteiger partial charge in [-0.25, -0.2) is 0 Å². The second-order valence-corrected chi connectivity index (χ2v) is 4.39. The zero-order valence-corrected chi connectivity index (χ0v) is 10.8. The molecule has 0 aliphatic carbocycles. The zero-order chi connectivity index (χ0) is 12.1. The minimum atomic E-state index is 0.184. The fraction of sp³-hybridized carbons (Fsp3) is 0.300. The lowest BCUT2D eigenvalue weighted by atomic mass is 10.3. The molecule has 0 unspecified atom stereocenters. The van der Waals surface area contributed by atoms with Gasteiger partial charge in [0.15, 0.2) is 0 Å². The number of anilines is 2. The highest BCUT2D eigenvalue weighted by molar-refractivity contribution is 7.07. The van der Waals surface area contributed by atoms with E-state index in [0.717, 1.165) is 6.54 Å². The summed E-state index contributed by atoms with van der Waals surface area (Å²) in [6, 6.07) is 2.05. The number of thiophene rings is 1. The summed E-state index contributed by atoms with van der Waals surface area (Å²) in [7, 11) is 0. The van der Waals surface area contributed by atoms with Crippen LogP contribution in [0.3, 0.4) is 0 Å². The number of rotatable bonds is 5. The first-order valence-electron chi connectivity index (χ1n) is 5.18. The quantitative estimate of drug-likeness (QED) is 0.874. The summed E-state index contributed by atoms with van der Waals surface area (Å²) in [5.74, 6) is 0.965. The average Bonchev–Trinajstić information content (AvgIpc) is 2.79. The molecule has 0 amide bonds. The molecule has 0 fully saturated rings. The summed E-state index contributed by atoms with van der Waals surface area (Å²) >= 11 is 7.46. The molecule has 0 aliphatic heterocycles. The Kier molecular flexibility index (Phi) is 4.11. The third-order valence-corrected chi connectivity index (χ3v) is 2.87. The van der Waals surface area contributed by atoms with E-state index < -0.39 is 0 Å². The standard InChI is InChI=1S/C10H12ClN5S/c1-2-12-9-14-8(11)15-10(16-9)13-5-7-3-4-17-6-7/h3-4,6H,2,5H2,1H3,(H2,12,13,14,15,16). The van der Waals surface area contributed by atoms with E-state index in [9.17, 15) is 0 Å². The summed E-state index contributed by atoms with van der Waals surface area (Å²) in [5.41, 5.74) is 1.19. The van der Waals surface area contributed by atoms with Gasteiger partial charge in [-0.3, -0.25) is 0 Å². The van der Waals surface area contributed by atoms with Crippen LogP contribution in [0.1, 0.15) is 12.5 Å². The van der Waals surface area contributed by atoms with Crippen LogP contribution >= 0.6 is 22.9 Å². The Bertz CT molecular complexity index is 474. The molecule has 0 saturated heterocycles. The Labute approximate surface area is 108 Å². The maximum Gasteiger partial charge on any atom is 0.229 e. The van der Waals surface area contributed by atoms with Gasteiger partial charge in [-0.15, -0.1) is 0 Å². The van der Waals surface area contributed by atoms with Crippen LogP contribution in [0.4, 0.5) is 11.9 Å². The molecule has 0 aliphatic rings. The third kappa shape index (κ3) is 3.54. The van der Waals surface area contributed by atoms with Crippen molar-refractivity contribution in [2.75, 3.05) is 17.2 Å². The minimum absolute atomic E-state index is 0.184. The van der Waals surface area contributed by atoms with Crippen molar-refractivity contribution < 1.29 is 0 Å². The fourth-order valence-corrected chi connectivity index (χ4v) is 2.07. The van der Waals surface area contributed by atoms with Crippen LogP contribution in [0.5, 0.6) is 0 Å². The lowest BCUT2D eigenvalue weighted by Gasteiger charge is -2.06. The predicted octanol–water partition coefficient (Wildman–Crippen LogP) is 2.63. The number of aromatic nitrogens is 3. The van der Waals surface area contributed by atoms with Crippen molar-refractivity contribution in [2.45, 2.75) is 13.5 Å². The van der Waals surface area contributed by atoms with E-state index in [1.165, 1.54) is 5.56 Å². The minimum Gasteiger partial charge on any atom is -0.354 e. The number of hydrogen-bond acceptors (Lipinski definition) is 6. The van der Waals surface area contributed by atoms with Crippen molar-refractivity contribution >= 4 is 34.8 Å². The van der Waals surface area contributed by atoms with E-state index in [2.05, 4.69) is 31.0 Å². The van der Waals surface area contributed by atoms with E-state index >= 15 is 0 Å². The van der Waals surface area contributed by atoms with E-state index in [1.54, 1.807) is 11.3 Å². The summed E-state index contributed by atoms with van der Waals surface area (Å²) in [4.78, 5) is 12.2. The second kappa shape index (κ2) is 5.79. The highest BCUT2D eigenvalue weighted by Crippen LogP contribution is 2.11. The molecule has 2 aromatic heterocycles. The van der Waals surface area contributed by atoms with E-state index in [1.807, 2.05) is 18.4 Å². The van der Waals surface area contributed by atoms with Gasteiger partial charge in [0, 0.05) is 13.1 Å². The average molecular weight is 270 g/mol. The maximum atomic E-state index is 5.81. The van der Waals surface area contributed by atoms with Gasteiger partial charge < -0.3 is 10.6 Å². The molecule has 2 rings (SSSR count). The Morgan fingerprint density at radius 3 is 2.65 bits per heavy atom. The summed E-state index contributed by atoms with van der Waals surface area (Å²) in [6.07, 6.45) is 0. The van der Waals surface area contributed by atoms with Crippen molar-refractivity contribution in [3.8, 4) is 0 Å². The fourth-order valence-electron chi connectivity index (χ4n) is 1.24. The third-order valence-electron chi connectivity index (χ3n) is 1.97. The van der Waals surface area contributed by atoms with Crippen molar-refractivity contribution in [3.63, 3.8) is 0 Å². The molecule has 5 nitrogen and oxygen atoms in total. The summed E-state index contributed by atoms with van der Waals surface area (Å²) in [5, 5.41) is 10.4. The van der Waals surface area contributed by atoms with Gasteiger partial charge in [0.1, 0.15) is 0 Å². The number of halogens is 1. The van der Waals surface area contributed by atoms with E-state index in [0.29, 0.717) is 18.4 Å². The molecule has 2 aromatic rings. The van der Waals surface area contributed by atoms with Crippen LogP contribution in [0.2, 0.25) is 5.28 Å². The summed E-state index contributed by atoms with van der Waals surface area (Å²) < 4.78 is 0. The Balaban J connectivity index is 2.04. The first kappa shape index (κ1) is 12.1. The molecule has 2 N–H and O–H groups in total. The Morgan fingerprint density at radius 1 is 1.24 bits per heavy atom. The van der Waals surface area contributed by atoms with Gasteiger partial charge in [0.2, 0.25) is 17.2 Å². The van der Waals surface area contributed by atoms with Crippen molar-refractivity contribution in [1.29, 1.82) is 0 Å².